The summed E-state index contributed by atoms with van der Waals surface area (Å²) in [5.74, 6) is -0.208. The lowest BCUT2D eigenvalue weighted by molar-refractivity contribution is 0.0718. The van der Waals surface area contributed by atoms with Gasteiger partial charge in [-0.1, -0.05) is 11.6 Å². The van der Waals surface area contributed by atoms with Crippen LogP contribution in [0.15, 0.2) is 42.7 Å². The molecule has 0 aliphatic carbocycles. The molecule has 0 unspecified atom stereocenters. The average Bonchev–Trinajstić information content (AvgIpc) is 2.64. The average molecular weight is 441 g/mol. The smallest absolute Gasteiger partial charge is 0.254 e. The van der Waals surface area contributed by atoms with Crippen LogP contribution in [0.3, 0.4) is 0 Å². The molecule has 1 aromatic carbocycles. The highest BCUT2D eigenvalue weighted by atomic mass is 35.5. The zero-order valence-electron chi connectivity index (χ0n) is 16.3. The van der Waals surface area contributed by atoms with Crippen LogP contribution in [0.25, 0.3) is 0 Å². The van der Waals surface area contributed by atoms with Crippen LogP contribution in [0.5, 0.6) is 5.75 Å². The molecule has 0 aliphatic heterocycles. The van der Waals surface area contributed by atoms with E-state index in [-0.39, 0.29) is 24.2 Å². The number of halogens is 1. The molecule has 1 aromatic heterocycles. The van der Waals surface area contributed by atoms with Crippen LogP contribution in [0.4, 0.5) is 5.69 Å². The number of hydrogen-bond acceptors (Lipinski definition) is 6. The number of amides is 1. The molecule has 0 spiro atoms. The topological polar surface area (TPSA) is 115 Å². The molecular formula is C19H25ClN4O4S. The van der Waals surface area contributed by atoms with Gasteiger partial charge in [-0.25, -0.2) is 13.6 Å². The fourth-order valence-electron chi connectivity index (χ4n) is 2.59. The van der Waals surface area contributed by atoms with Gasteiger partial charge in [0.1, 0.15) is 12.4 Å². The summed E-state index contributed by atoms with van der Waals surface area (Å²) in [6, 6.07) is 8.22. The van der Waals surface area contributed by atoms with Crippen molar-refractivity contribution in [1.29, 1.82) is 0 Å². The Hall–Kier alpha value is -2.36. The summed E-state index contributed by atoms with van der Waals surface area (Å²) in [5.41, 5.74) is 1.24. The maximum Gasteiger partial charge on any atom is 0.254 e. The summed E-state index contributed by atoms with van der Waals surface area (Å²) in [7, 11) is -3.68. The highest BCUT2D eigenvalue weighted by Gasteiger charge is 2.21. The summed E-state index contributed by atoms with van der Waals surface area (Å²) in [6.07, 6.45) is 3.38. The predicted molar refractivity (Wildman–Crippen MR) is 114 cm³/mol. The number of rotatable bonds is 10. The van der Waals surface area contributed by atoms with Gasteiger partial charge in [0.15, 0.2) is 0 Å². The van der Waals surface area contributed by atoms with Gasteiger partial charge < -0.3 is 15.0 Å². The molecule has 1 amide bonds. The summed E-state index contributed by atoms with van der Waals surface area (Å²) in [6.45, 7) is 4.50. The number of carbonyl (C=O) groups excluding carboxylic acids is 1. The molecule has 10 heteroatoms. The van der Waals surface area contributed by atoms with E-state index in [9.17, 15) is 13.2 Å². The molecule has 3 N–H and O–H groups in total. The third-order valence-electron chi connectivity index (χ3n) is 4.00. The van der Waals surface area contributed by atoms with Crippen LogP contribution in [0.2, 0.25) is 5.02 Å². The summed E-state index contributed by atoms with van der Waals surface area (Å²) < 4.78 is 28.2. The number of pyridine rings is 1. The highest BCUT2D eigenvalue weighted by molar-refractivity contribution is 7.89. The van der Waals surface area contributed by atoms with Gasteiger partial charge in [0.05, 0.1) is 5.75 Å². The Labute approximate surface area is 176 Å². The minimum Gasteiger partial charge on any atom is -0.492 e. The number of ether oxygens (including phenoxy) is 1. The predicted octanol–water partition coefficient (Wildman–Crippen LogP) is 2.37. The molecule has 0 saturated heterocycles. The number of carbonyl (C=O) groups is 1. The number of primary sulfonamides is 1. The molecule has 8 nitrogen and oxygen atoms in total. The molecule has 29 heavy (non-hydrogen) atoms. The van der Waals surface area contributed by atoms with Crippen LogP contribution < -0.4 is 15.2 Å². The second-order valence-corrected chi connectivity index (χ2v) is 8.82. The van der Waals surface area contributed by atoms with Crippen molar-refractivity contribution >= 4 is 33.2 Å². The van der Waals surface area contributed by atoms with Gasteiger partial charge in [-0.15, -0.1) is 0 Å². The minimum atomic E-state index is -3.68. The van der Waals surface area contributed by atoms with Gasteiger partial charge in [-0.05, 0) is 44.2 Å². The van der Waals surface area contributed by atoms with Crippen molar-refractivity contribution in [3.05, 3.63) is 53.3 Å². The molecule has 158 valence electrons. The lowest BCUT2D eigenvalue weighted by atomic mass is 10.1. The van der Waals surface area contributed by atoms with E-state index < -0.39 is 10.0 Å². The van der Waals surface area contributed by atoms with Crippen LogP contribution in [0, 0.1) is 0 Å². The number of nitrogens with zero attached hydrogens (tertiary/aromatic N) is 2. The van der Waals surface area contributed by atoms with Crippen molar-refractivity contribution in [2.75, 3.05) is 30.8 Å². The van der Waals surface area contributed by atoms with Gasteiger partial charge in [-0.3, -0.25) is 9.78 Å². The molecule has 0 aliphatic rings. The molecule has 1 heterocycles. The van der Waals surface area contributed by atoms with Gasteiger partial charge in [0.25, 0.3) is 5.91 Å². The first kappa shape index (κ1) is 22.9. The molecule has 0 atom stereocenters. The van der Waals surface area contributed by atoms with Crippen molar-refractivity contribution in [1.82, 2.24) is 9.88 Å². The quantitative estimate of drug-likeness (QED) is 0.548. The standard InChI is InChI=1S/C19H25ClN4O4S/c1-14(2)24(8-10-29(21,26)27)19(25)15-11-16(20)13-18(12-15)28-9-7-23-17-3-5-22-6-4-17/h3-6,11-14H,7-10H2,1-2H3,(H,22,23)(H2,21,26,27). The van der Waals surface area contributed by atoms with E-state index >= 15 is 0 Å². The Balaban J connectivity index is 2.02. The zero-order valence-corrected chi connectivity index (χ0v) is 17.9. The van der Waals surface area contributed by atoms with E-state index in [0.717, 1.165) is 5.69 Å². The van der Waals surface area contributed by atoms with Crippen LogP contribution in [0.1, 0.15) is 24.2 Å². The number of nitrogens with two attached hydrogens (primary N) is 1. The van der Waals surface area contributed by atoms with Crippen molar-refractivity contribution in [3.63, 3.8) is 0 Å². The Kier molecular flexibility index (Phi) is 8.24. The van der Waals surface area contributed by atoms with Gasteiger partial charge in [0, 0.05) is 47.8 Å². The Morgan fingerprint density at radius 1 is 1.28 bits per heavy atom. The summed E-state index contributed by atoms with van der Waals surface area (Å²) in [4.78, 5) is 18.3. The SMILES string of the molecule is CC(C)N(CCS(N)(=O)=O)C(=O)c1cc(Cl)cc(OCCNc2ccncc2)c1. The van der Waals surface area contributed by atoms with E-state index in [2.05, 4.69) is 10.3 Å². The fraction of sp³-hybridized carbons (Fsp3) is 0.368. The number of nitrogens with one attached hydrogen (secondary N) is 1. The lowest BCUT2D eigenvalue weighted by Crippen LogP contribution is -2.41. The van der Waals surface area contributed by atoms with Crippen LogP contribution >= 0.6 is 11.6 Å². The fourth-order valence-corrected chi connectivity index (χ4v) is 3.27. The van der Waals surface area contributed by atoms with Crippen molar-refractivity contribution < 1.29 is 17.9 Å². The van der Waals surface area contributed by atoms with E-state index in [0.29, 0.717) is 29.5 Å². The number of sulfonamides is 1. The normalized spacial score (nSPS) is 11.3. The van der Waals surface area contributed by atoms with Crippen molar-refractivity contribution in [2.24, 2.45) is 5.14 Å². The number of hydrogen-bond donors (Lipinski definition) is 2. The Morgan fingerprint density at radius 3 is 2.59 bits per heavy atom. The first-order valence-corrected chi connectivity index (χ1v) is 11.1. The molecule has 0 bridgehead atoms. The van der Waals surface area contributed by atoms with E-state index in [1.54, 1.807) is 38.4 Å². The summed E-state index contributed by atoms with van der Waals surface area (Å²) >= 11 is 6.15. The first-order chi connectivity index (χ1) is 13.7. The minimum absolute atomic E-state index is 0.00606. The molecule has 2 aromatic rings. The maximum atomic E-state index is 12.9. The number of benzene rings is 1. The lowest BCUT2D eigenvalue weighted by Gasteiger charge is -2.26. The van der Waals surface area contributed by atoms with Crippen molar-refractivity contribution in [2.45, 2.75) is 19.9 Å². The van der Waals surface area contributed by atoms with E-state index in [1.807, 2.05) is 12.1 Å². The molecule has 0 radical (unpaired) electrons. The largest absolute Gasteiger partial charge is 0.492 e. The molecule has 2 rings (SSSR count). The third-order valence-corrected chi connectivity index (χ3v) is 4.97. The Bertz CT molecular complexity index is 923. The summed E-state index contributed by atoms with van der Waals surface area (Å²) in [5, 5.41) is 8.60. The van der Waals surface area contributed by atoms with E-state index in [4.69, 9.17) is 21.5 Å². The second-order valence-electron chi connectivity index (χ2n) is 6.65. The zero-order chi connectivity index (χ0) is 21.4. The maximum absolute atomic E-state index is 12.9. The Morgan fingerprint density at radius 2 is 1.97 bits per heavy atom. The molecule has 0 saturated carbocycles. The van der Waals surface area contributed by atoms with Crippen molar-refractivity contribution in [3.8, 4) is 5.75 Å². The van der Waals surface area contributed by atoms with Crippen LogP contribution in [-0.2, 0) is 10.0 Å². The van der Waals surface area contributed by atoms with Gasteiger partial charge in [0.2, 0.25) is 10.0 Å². The molecular weight excluding hydrogens is 416 g/mol. The number of aromatic nitrogens is 1. The van der Waals surface area contributed by atoms with Gasteiger partial charge >= 0.3 is 0 Å². The third kappa shape index (κ3) is 7.88. The molecule has 0 fully saturated rings. The second kappa shape index (κ2) is 10.4. The number of anilines is 1. The van der Waals surface area contributed by atoms with Gasteiger partial charge in [-0.2, -0.15) is 0 Å². The monoisotopic (exact) mass is 440 g/mol. The highest BCUT2D eigenvalue weighted by Crippen LogP contribution is 2.23. The first-order valence-electron chi connectivity index (χ1n) is 9.04. The van der Waals surface area contributed by atoms with E-state index in [1.165, 1.54) is 11.0 Å². The van der Waals surface area contributed by atoms with Crippen LogP contribution in [-0.4, -0.2) is 55.7 Å².